The Morgan fingerprint density at radius 3 is 2.67 bits per heavy atom. The fraction of sp³-hybridized carbons (Fsp3) is 1.00. The van der Waals surface area contributed by atoms with Gasteiger partial charge in [-0.25, -0.2) is 0 Å². The highest BCUT2D eigenvalue weighted by Crippen LogP contribution is 2.21. The van der Waals surface area contributed by atoms with Crippen molar-refractivity contribution >= 4 is 0 Å². The summed E-state index contributed by atoms with van der Waals surface area (Å²) in [6.45, 7) is 7.47. The van der Waals surface area contributed by atoms with E-state index in [1.54, 1.807) is 0 Å². The van der Waals surface area contributed by atoms with Gasteiger partial charge in [0.2, 0.25) is 0 Å². The number of hydrogen-bond donors (Lipinski definition) is 0. The van der Waals surface area contributed by atoms with Crippen molar-refractivity contribution in [1.82, 2.24) is 0 Å². The zero-order valence-corrected chi connectivity index (χ0v) is 10.5. The summed E-state index contributed by atoms with van der Waals surface area (Å²) in [5, 5.41) is 0. The van der Waals surface area contributed by atoms with Crippen LogP contribution in [-0.2, 0) is 9.47 Å². The van der Waals surface area contributed by atoms with Gasteiger partial charge in [-0.15, -0.1) is 0 Å². The van der Waals surface area contributed by atoms with Crippen molar-refractivity contribution in [2.45, 2.75) is 71.7 Å². The van der Waals surface area contributed by atoms with Gasteiger partial charge in [0.05, 0.1) is 12.7 Å². The standard InChI is InChI=1S/C13H26O2/c1-4-5-6-7-8-12-10-14-13(15-12)9-11(2)3/h11-13H,4-10H2,1-3H3. The lowest BCUT2D eigenvalue weighted by Gasteiger charge is -2.13. The molecular weight excluding hydrogens is 188 g/mol. The first-order valence-corrected chi connectivity index (χ1v) is 6.49. The van der Waals surface area contributed by atoms with E-state index in [4.69, 9.17) is 9.47 Å². The van der Waals surface area contributed by atoms with E-state index >= 15 is 0 Å². The van der Waals surface area contributed by atoms with E-state index in [-0.39, 0.29) is 6.29 Å². The average molecular weight is 214 g/mol. The van der Waals surface area contributed by atoms with Gasteiger partial charge in [-0.1, -0.05) is 46.5 Å². The lowest BCUT2D eigenvalue weighted by molar-refractivity contribution is -0.0699. The van der Waals surface area contributed by atoms with E-state index in [9.17, 15) is 0 Å². The quantitative estimate of drug-likeness (QED) is 0.601. The van der Waals surface area contributed by atoms with Crippen molar-refractivity contribution < 1.29 is 9.47 Å². The normalized spacial score (nSPS) is 26.4. The number of rotatable bonds is 7. The Hall–Kier alpha value is -0.0800. The van der Waals surface area contributed by atoms with E-state index in [0.717, 1.165) is 13.0 Å². The van der Waals surface area contributed by atoms with Crippen LogP contribution >= 0.6 is 0 Å². The van der Waals surface area contributed by atoms with Crippen molar-refractivity contribution in [3.8, 4) is 0 Å². The SMILES string of the molecule is CCCCCCC1COC(CC(C)C)O1. The molecule has 2 nitrogen and oxygen atoms in total. The second-order valence-corrected chi connectivity index (χ2v) is 5.00. The summed E-state index contributed by atoms with van der Waals surface area (Å²) in [5.74, 6) is 0.661. The van der Waals surface area contributed by atoms with Crippen LogP contribution < -0.4 is 0 Å². The third kappa shape index (κ3) is 5.53. The molecule has 0 aromatic carbocycles. The Bertz CT molecular complexity index is 157. The first-order valence-electron chi connectivity index (χ1n) is 6.49. The molecule has 1 rings (SSSR count). The van der Waals surface area contributed by atoms with E-state index in [1.165, 1.54) is 32.1 Å². The molecule has 0 radical (unpaired) electrons. The highest BCUT2D eigenvalue weighted by Gasteiger charge is 2.25. The van der Waals surface area contributed by atoms with E-state index in [1.807, 2.05) is 0 Å². The molecule has 1 heterocycles. The summed E-state index contributed by atoms with van der Waals surface area (Å²) in [4.78, 5) is 0. The molecule has 0 amide bonds. The summed E-state index contributed by atoms with van der Waals surface area (Å²) in [6, 6.07) is 0. The van der Waals surface area contributed by atoms with Gasteiger partial charge in [0.1, 0.15) is 0 Å². The van der Waals surface area contributed by atoms with E-state index < -0.39 is 0 Å². The van der Waals surface area contributed by atoms with Gasteiger partial charge in [-0.2, -0.15) is 0 Å². The Labute approximate surface area is 94.3 Å². The third-order valence-corrected chi connectivity index (χ3v) is 2.86. The first-order chi connectivity index (χ1) is 7.22. The van der Waals surface area contributed by atoms with Crippen molar-refractivity contribution in [3.63, 3.8) is 0 Å². The van der Waals surface area contributed by atoms with Crippen LogP contribution in [0.15, 0.2) is 0 Å². The molecule has 1 fully saturated rings. The first kappa shape index (κ1) is 13.0. The summed E-state index contributed by atoms with van der Waals surface area (Å²) in [7, 11) is 0. The molecule has 0 spiro atoms. The molecule has 2 unspecified atom stereocenters. The maximum absolute atomic E-state index is 5.83. The van der Waals surface area contributed by atoms with E-state index in [2.05, 4.69) is 20.8 Å². The third-order valence-electron chi connectivity index (χ3n) is 2.86. The molecule has 2 atom stereocenters. The molecule has 0 bridgehead atoms. The molecule has 2 heteroatoms. The van der Waals surface area contributed by atoms with Gasteiger partial charge in [0, 0.05) is 6.42 Å². The molecule has 1 aliphatic rings. The predicted octanol–water partition coefficient (Wildman–Crippen LogP) is 3.74. The van der Waals surface area contributed by atoms with Crippen LogP contribution in [0.3, 0.4) is 0 Å². The second-order valence-electron chi connectivity index (χ2n) is 5.00. The molecule has 1 aliphatic heterocycles. The summed E-state index contributed by atoms with van der Waals surface area (Å²) >= 11 is 0. The van der Waals surface area contributed by atoms with Crippen molar-refractivity contribution in [2.24, 2.45) is 5.92 Å². The maximum atomic E-state index is 5.83. The van der Waals surface area contributed by atoms with Gasteiger partial charge in [-0.3, -0.25) is 0 Å². The van der Waals surface area contributed by atoms with Gasteiger partial charge < -0.3 is 9.47 Å². The lowest BCUT2D eigenvalue weighted by Crippen LogP contribution is -2.14. The van der Waals surface area contributed by atoms with Crippen LogP contribution in [-0.4, -0.2) is 19.0 Å². The van der Waals surface area contributed by atoms with Crippen LogP contribution in [0.2, 0.25) is 0 Å². The average Bonchev–Trinajstić information content (AvgIpc) is 2.59. The lowest BCUT2D eigenvalue weighted by atomic mass is 10.1. The van der Waals surface area contributed by atoms with E-state index in [0.29, 0.717) is 12.0 Å². The maximum Gasteiger partial charge on any atom is 0.158 e. The molecule has 0 aliphatic carbocycles. The van der Waals surface area contributed by atoms with Crippen LogP contribution in [0, 0.1) is 5.92 Å². The zero-order chi connectivity index (χ0) is 11.1. The molecule has 1 saturated heterocycles. The van der Waals surface area contributed by atoms with Crippen molar-refractivity contribution in [1.29, 1.82) is 0 Å². The van der Waals surface area contributed by atoms with Gasteiger partial charge in [-0.05, 0) is 12.3 Å². The summed E-state index contributed by atoms with van der Waals surface area (Å²) in [6.07, 6.45) is 7.93. The second kappa shape index (κ2) is 7.24. The van der Waals surface area contributed by atoms with Gasteiger partial charge in [0.15, 0.2) is 6.29 Å². The Morgan fingerprint density at radius 1 is 1.20 bits per heavy atom. The fourth-order valence-corrected chi connectivity index (χ4v) is 1.97. The zero-order valence-electron chi connectivity index (χ0n) is 10.5. The van der Waals surface area contributed by atoms with Crippen LogP contribution in [0.5, 0.6) is 0 Å². The molecule has 15 heavy (non-hydrogen) atoms. The smallest absolute Gasteiger partial charge is 0.158 e. The Morgan fingerprint density at radius 2 is 2.00 bits per heavy atom. The topological polar surface area (TPSA) is 18.5 Å². The minimum atomic E-state index is 0.0705. The van der Waals surface area contributed by atoms with Gasteiger partial charge >= 0.3 is 0 Å². The summed E-state index contributed by atoms with van der Waals surface area (Å²) < 4.78 is 11.4. The minimum Gasteiger partial charge on any atom is -0.350 e. The molecule has 90 valence electrons. The molecule has 0 N–H and O–H groups in total. The Kier molecular flexibility index (Phi) is 6.26. The van der Waals surface area contributed by atoms with Crippen LogP contribution in [0.4, 0.5) is 0 Å². The monoisotopic (exact) mass is 214 g/mol. The van der Waals surface area contributed by atoms with Crippen molar-refractivity contribution in [3.05, 3.63) is 0 Å². The molecular formula is C13H26O2. The summed E-state index contributed by atoms with van der Waals surface area (Å²) in [5.41, 5.74) is 0. The molecule has 0 aromatic rings. The van der Waals surface area contributed by atoms with Crippen molar-refractivity contribution in [2.75, 3.05) is 6.61 Å². The number of hydrogen-bond acceptors (Lipinski definition) is 2. The predicted molar refractivity (Wildman–Crippen MR) is 62.8 cm³/mol. The number of unbranched alkanes of at least 4 members (excludes halogenated alkanes) is 3. The largest absolute Gasteiger partial charge is 0.350 e. The number of ether oxygens (including phenoxy) is 2. The van der Waals surface area contributed by atoms with Gasteiger partial charge in [0.25, 0.3) is 0 Å². The highest BCUT2D eigenvalue weighted by atomic mass is 16.7. The minimum absolute atomic E-state index is 0.0705. The molecule has 0 aromatic heterocycles. The van der Waals surface area contributed by atoms with Crippen LogP contribution in [0.25, 0.3) is 0 Å². The Balaban J connectivity index is 2.03. The van der Waals surface area contributed by atoms with Crippen LogP contribution in [0.1, 0.15) is 59.3 Å². The fourth-order valence-electron chi connectivity index (χ4n) is 1.97. The molecule has 0 saturated carbocycles. The highest BCUT2D eigenvalue weighted by molar-refractivity contribution is 4.66.